The zero-order chi connectivity index (χ0) is 21.9. The number of sulfonamides is 1. The van der Waals surface area contributed by atoms with Crippen LogP contribution in [0.15, 0.2) is 40.6 Å². The van der Waals surface area contributed by atoms with Crippen molar-refractivity contribution in [2.45, 2.75) is 17.9 Å². The van der Waals surface area contributed by atoms with E-state index in [0.717, 1.165) is 0 Å². The molecule has 11 heteroatoms. The number of nitrogens with zero attached hydrogens (tertiary/aromatic N) is 2. The fraction of sp³-hybridized carbons (Fsp3) is 0.368. The number of primary amides is 1. The summed E-state index contributed by atoms with van der Waals surface area (Å²) in [6, 6.07) is 7.34. The lowest BCUT2D eigenvalue weighted by molar-refractivity contribution is -0.121. The van der Waals surface area contributed by atoms with Gasteiger partial charge in [0.25, 0.3) is 5.91 Å². The van der Waals surface area contributed by atoms with Gasteiger partial charge in [-0.25, -0.2) is 8.42 Å². The second-order valence-corrected chi connectivity index (χ2v) is 9.66. The molecule has 2 heterocycles. The van der Waals surface area contributed by atoms with E-state index in [1.807, 2.05) is 4.90 Å². The number of hydrogen-bond acceptors (Lipinski definition) is 7. The molecule has 2 aromatic rings. The molecule has 1 unspecified atom stereocenters. The van der Waals surface area contributed by atoms with Gasteiger partial charge in [-0.3, -0.25) is 14.5 Å². The van der Waals surface area contributed by atoms with Crippen LogP contribution in [0.25, 0.3) is 0 Å². The summed E-state index contributed by atoms with van der Waals surface area (Å²) < 4.78 is 32.2. The van der Waals surface area contributed by atoms with E-state index in [1.54, 1.807) is 30.5 Å². The summed E-state index contributed by atoms with van der Waals surface area (Å²) in [7, 11) is -2.09. The Balaban J connectivity index is 1.60. The molecule has 1 aliphatic rings. The van der Waals surface area contributed by atoms with Gasteiger partial charge in [-0.05, 0) is 42.6 Å². The van der Waals surface area contributed by atoms with Crippen molar-refractivity contribution >= 4 is 38.2 Å². The topological polar surface area (TPSA) is 122 Å². The van der Waals surface area contributed by atoms with Crippen LogP contribution in [0.3, 0.4) is 0 Å². The summed E-state index contributed by atoms with van der Waals surface area (Å²) in [5, 5.41) is 4.84. The SMILES string of the molecule is COc1ccc(S(=O)(=O)N2CCN(C(C)C(=O)Nc3sccc3C(N)=O)CC2)cc1. The summed E-state index contributed by atoms with van der Waals surface area (Å²) >= 11 is 1.23. The van der Waals surface area contributed by atoms with Crippen LogP contribution in [0.4, 0.5) is 5.00 Å². The first kappa shape index (κ1) is 22.2. The zero-order valence-corrected chi connectivity index (χ0v) is 18.3. The molecule has 1 saturated heterocycles. The maximum atomic E-state index is 12.9. The predicted molar refractivity (Wildman–Crippen MR) is 114 cm³/mol. The minimum absolute atomic E-state index is 0.208. The number of piperazine rings is 1. The fourth-order valence-electron chi connectivity index (χ4n) is 3.21. The fourth-order valence-corrected chi connectivity index (χ4v) is 5.43. The number of ether oxygens (including phenoxy) is 1. The first-order chi connectivity index (χ1) is 14.2. The molecule has 162 valence electrons. The Kier molecular flexibility index (Phi) is 6.76. The Morgan fingerprint density at radius 2 is 1.77 bits per heavy atom. The summed E-state index contributed by atoms with van der Waals surface area (Å²) in [6.45, 7) is 3.13. The minimum Gasteiger partial charge on any atom is -0.497 e. The van der Waals surface area contributed by atoms with E-state index in [4.69, 9.17) is 10.5 Å². The van der Waals surface area contributed by atoms with Crippen molar-refractivity contribution in [2.24, 2.45) is 5.73 Å². The van der Waals surface area contributed by atoms with Gasteiger partial charge in [-0.1, -0.05) is 0 Å². The maximum Gasteiger partial charge on any atom is 0.251 e. The molecule has 3 N–H and O–H groups in total. The minimum atomic E-state index is -3.61. The van der Waals surface area contributed by atoms with Crippen molar-refractivity contribution in [3.05, 3.63) is 41.3 Å². The van der Waals surface area contributed by atoms with Gasteiger partial charge in [0.1, 0.15) is 10.8 Å². The van der Waals surface area contributed by atoms with E-state index in [-0.39, 0.29) is 29.5 Å². The molecule has 2 amide bonds. The summed E-state index contributed by atoms with van der Waals surface area (Å²) in [6.07, 6.45) is 0. The first-order valence-electron chi connectivity index (χ1n) is 9.30. The predicted octanol–water partition coefficient (Wildman–Crippen LogP) is 1.19. The quantitative estimate of drug-likeness (QED) is 0.651. The number of nitrogens with one attached hydrogen (secondary N) is 1. The monoisotopic (exact) mass is 452 g/mol. The van der Waals surface area contributed by atoms with Crippen molar-refractivity contribution in [3.8, 4) is 5.75 Å². The molecular formula is C19H24N4O5S2. The van der Waals surface area contributed by atoms with Crippen molar-refractivity contribution in [3.63, 3.8) is 0 Å². The molecule has 1 aromatic carbocycles. The Labute approximate surface area is 179 Å². The molecule has 0 aliphatic carbocycles. The van der Waals surface area contributed by atoms with Gasteiger partial charge in [-0.2, -0.15) is 4.31 Å². The largest absolute Gasteiger partial charge is 0.497 e. The van der Waals surface area contributed by atoms with Gasteiger partial charge < -0.3 is 15.8 Å². The first-order valence-corrected chi connectivity index (χ1v) is 11.6. The van der Waals surface area contributed by atoms with Crippen molar-refractivity contribution in [1.82, 2.24) is 9.21 Å². The normalized spacial score (nSPS) is 16.7. The third-order valence-corrected chi connectivity index (χ3v) is 7.81. The molecule has 1 fully saturated rings. The van der Waals surface area contributed by atoms with Crippen LogP contribution in [0.2, 0.25) is 0 Å². The van der Waals surface area contributed by atoms with E-state index in [2.05, 4.69) is 5.32 Å². The van der Waals surface area contributed by atoms with Crippen molar-refractivity contribution in [1.29, 1.82) is 0 Å². The summed E-state index contributed by atoms with van der Waals surface area (Å²) in [4.78, 5) is 26.1. The number of benzene rings is 1. The van der Waals surface area contributed by atoms with E-state index < -0.39 is 22.0 Å². The average molecular weight is 453 g/mol. The number of carbonyl (C=O) groups excluding carboxylic acids is 2. The number of hydrogen-bond donors (Lipinski definition) is 2. The smallest absolute Gasteiger partial charge is 0.251 e. The number of anilines is 1. The van der Waals surface area contributed by atoms with Crippen molar-refractivity contribution < 1.29 is 22.7 Å². The van der Waals surface area contributed by atoms with Gasteiger partial charge in [0.05, 0.1) is 23.6 Å². The lowest BCUT2D eigenvalue weighted by Crippen LogP contribution is -2.53. The molecule has 0 radical (unpaired) electrons. The highest BCUT2D eigenvalue weighted by Gasteiger charge is 2.32. The van der Waals surface area contributed by atoms with Crippen molar-refractivity contribution in [2.75, 3.05) is 38.6 Å². The van der Waals surface area contributed by atoms with Crippen LogP contribution in [-0.2, 0) is 14.8 Å². The van der Waals surface area contributed by atoms with Crippen LogP contribution in [0, 0.1) is 0 Å². The number of thiophene rings is 1. The highest BCUT2D eigenvalue weighted by Crippen LogP contribution is 2.24. The zero-order valence-electron chi connectivity index (χ0n) is 16.7. The molecule has 3 rings (SSSR count). The summed E-state index contributed by atoms with van der Waals surface area (Å²) in [5.41, 5.74) is 5.58. The molecule has 0 saturated carbocycles. The van der Waals surface area contributed by atoms with Crippen LogP contribution in [-0.4, -0.2) is 68.8 Å². The molecule has 30 heavy (non-hydrogen) atoms. The van der Waals surface area contributed by atoms with E-state index in [1.165, 1.54) is 34.9 Å². The van der Waals surface area contributed by atoms with Crippen LogP contribution >= 0.6 is 11.3 Å². The highest BCUT2D eigenvalue weighted by atomic mass is 32.2. The van der Waals surface area contributed by atoms with Crippen LogP contribution < -0.4 is 15.8 Å². The Hall–Kier alpha value is -2.47. The number of nitrogens with two attached hydrogens (primary N) is 1. The molecule has 1 atom stereocenters. The Morgan fingerprint density at radius 1 is 1.13 bits per heavy atom. The molecule has 0 bridgehead atoms. The molecule has 1 aliphatic heterocycles. The van der Waals surface area contributed by atoms with Gasteiger partial charge in [0.2, 0.25) is 15.9 Å². The number of rotatable bonds is 7. The average Bonchev–Trinajstić information content (AvgIpc) is 3.21. The van der Waals surface area contributed by atoms with E-state index >= 15 is 0 Å². The third kappa shape index (κ3) is 4.64. The lowest BCUT2D eigenvalue weighted by Gasteiger charge is -2.36. The highest BCUT2D eigenvalue weighted by molar-refractivity contribution is 7.89. The van der Waals surface area contributed by atoms with E-state index in [0.29, 0.717) is 23.8 Å². The van der Waals surface area contributed by atoms with Crippen LogP contribution in [0.1, 0.15) is 17.3 Å². The number of amides is 2. The second-order valence-electron chi connectivity index (χ2n) is 6.81. The maximum absolute atomic E-state index is 12.9. The molecule has 9 nitrogen and oxygen atoms in total. The number of carbonyl (C=O) groups is 2. The second kappa shape index (κ2) is 9.13. The van der Waals surface area contributed by atoms with Gasteiger partial charge in [0.15, 0.2) is 0 Å². The standard InChI is InChI=1S/C19H24N4O5S2/c1-13(18(25)21-19-16(17(20)24)7-12-29-19)22-8-10-23(11-9-22)30(26,27)15-5-3-14(28-2)4-6-15/h3-7,12-13H,8-11H2,1-2H3,(H2,20,24)(H,21,25). The molecule has 0 spiro atoms. The molecule has 1 aromatic heterocycles. The van der Waals surface area contributed by atoms with Gasteiger partial charge >= 0.3 is 0 Å². The van der Waals surface area contributed by atoms with Gasteiger partial charge in [0, 0.05) is 26.2 Å². The Morgan fingerprint density at radius 3 is 2.33 bits per heavy atom. The molecular weight excluding hydrogens is 428 g/mol. The van der Waals surface area contributed by atoms with Gasteiger partial charge in [-0.15, -0.1) is 11.3 Å². The lowest BCUT2D eigenvalue weighted by atomic mass is 10.2. The van der Waals surface area contributed by atoms with E-state index in [9.17, 15) is 18.0 Å². The summed E-state index contributed by atoms with van der Waals surface area (Å²) in [5.74, 6) is -0.285. The third-order valence-electron chi connectivity index (χ3n) is 5.07. The number of methoxy groups -OCH3 is 1. The Bertz CT molecular complexity index is 1010. The van der Waals surface area contributed by atoms with Crippen LogP contribution in [0.5, 0.6) is 5.75 Å².